The number of hydrogen-bond donors (Lipinski definition) is 2. The molecule has 2 saturated heterocycles. The first-order chi connectivity index (χ1) is 17.9. The van der Waals surface area contributed by atoms with Crippen molar-refractivity contribution in [3.05, 3.63) is 42.0 Å². The van der Waals surface area contributed by atoms with Gasteiger partial charge in [0.2, 0.25) is 10.0 Å². The second-order valence-electron chi connectivity index (χ2n) is 12.0. The molecule has 2 N–H and O–H groups in total. The van der Waals surface area contributed by atoms with Crippen molar-refractivity contribution in [2.75, 3.05) is 47.9 Å². The van der Waals surface area contributed by atoms with Crippen LogP contribution >= 0.6 is 0 Å². The first-order valence-electron chi connectivity index (χ1n) is 13.5. The fraction of sp³-hybridized carbons (Fsp3) is 0.571. The maximum atomic E-state index is 13.6. The molecule has 3 heterocycles. The molecule has 0 radical (unpaired) electrons. The van der Waals surface area contributed by atoms with Gasteiger partial charge in [-0.25, -0.2) is 18.1 Å². The molecule has 0 bridgehead atoms. The number of carbonyl (C=O) groups is 1. The number of aromatic nitrogens is 1. The molecule has 10 heteroatoms. The third-order valence-electron chi connectivity index (χ3n) is 7.63. The van der Waals surface area contributed by atoms with E-state index < -0.39 is 15.6 Å². The van der Waals surface area contributed by atoms with Crippen molar-refractivity contribution in [1.82, 2.24) is 9.71 Å². The van der Waals surface area contributed by atoms with Crippen LogP contribution in [0.25, 0.3) is 0 Å². The van der Waals surface area contributed by atoms with Gasteiger partial charge in [-0.15, -0.1) is 0 Å². The molecule has 2 aliphatic heterocycles. The summed E-state index contributed by atoms with van der Waals surface area (Å²) < 4.78 is 34.6. The van der Waals surface area contributed by atoms with Gasteiger partial charge >= 0.3 is 0 Å². The van der Waals surface area contributed by atoms with Crippen molar-refractivity contribution in [2.24, 2.45) is 5.41 Å². The van der Waals surface area contributed by atoms with Gasteiger partial charge in [0.1, 0.15) is 11.6 Å². The van der Waals surface area contributed by atoms with Crippen LogP contribution in [0.2, 0.25) is 0 Å². The Labute approximate surface area is 226 Å². The number of carbonyl (C=O) groups excluding carboxylic acids is 1. The summed E-state index contributed by atoms with van der Waals surface area (Å²) in [7, 11) is -3.75. The predicted octanol–water partition coefficient (Wildman–Crippen LogP) is 4.02. The Morgan fingerprint density at radius 3 is 2.45 bits per heavy atom. The van der Waals surface area contributed by atoms with E-state index in [9.17, 15) is 13.2 Å². The van der Waals surface area contributed by atoms with Gasteiger partial charge < -0.3 is 19.9 Å². The van der Waals surface area contributed by atoms with Crippen LogP contribution in [0.4, 0.5) is 17.3 Å². The first kappa shape index (κ1) is 26.9. The zero-order valence-corrected chi connectivity index (χ0v) is 23.6. The highest BCUT2D eigenvalue weighted by Gasteiger charge is 2.44. The van der Waals surface area contributed by atoms with E-state index in [1.807, 2.05) is 39.8 Å². The van der Waals surface area contributed by atoms with E-state index in [4.69, 9.17) is 4.74 Å². The molecule has 1 spiro atoms. The molecular weight excluding hydrogens is 502 g/mol. The molecule has 1 aromatic heterocycles. The monoisotopic (exact) mass is 541 g/mol. The van der Waals surface area contributed by atoms with Gasteiger partial charge in [-0.3, -0.25) is 4.79 Å². The van der Waals surface area contributed by atoms with E-state index in [1.54, 1.807) is 18.2 Å². The van der Waals surface area contributed by atoms with Gasteiger partial charge in [0.05, 0.1) is 28.9 Å². The molecule has 1 atom stereocenters. The van der Waals surface area contributed by atoms with E-state index in [0.717, 1.165) is 44.8 Å². The molecule has 3 aliphatic rings. The lowest BCUT2D eigenvalue weighted by Gasteiger charge is -2.35. The third-order valence-corrected chi connectivity index (χ3v) is 9.38. The number of rotatable bonds is 6. The van der Waals surface area contributed by atoms with Gasteiger partial charge in [0.15, 0.2) is 0 Å². The Bertz CT molecular complexity index is 1290. The molecule has 1 aliphatic carbocycles. The number of piperidine rings is 1. The maximum absolute atomic E-state index is 13.6. The lowest BCUT2D eigenvalue weighted by Crippen LogP contribution is -2.41. The second-order valence-corrected chi connectivity index (χ2v) is 13.7. The van der Waals surface area contributed by atoms with E-state index >= 15 is 0 Å². The average molecular weight is 542 g/mol. The minimum atomic E-state index is -3.75. The van der Waals surface area contributed by atoms with Crippen LogP contribution in [-0.4, -0.2) is 63.7 Å². The summed E-state index contributed by atoms with van der Waals surface area (Å²) in [6, 6.07) is 10.4. The van der Waals surface area contributed by atoms with Crippen molar-refractivity contribution in [1.29, 1.82) is 0 Å². The van der Waals surface area contributed by atoms with Crippen molar-refractivity contribution in [2.45, 2.75) is 69.9 Å². The minimum Gasteiger partial charge on any atom is -0.375 e. The standard InChI is InChI=1S/C28H39N5O4S/c1-20-19-33(16-17-37-20)25-7-5-6-24(29-25)30-26(34)22-9-8-21(38(35,36)31-27(2,3)4)18-23(22)32-14-12-28(10-11-28)13-15-32/h5-9,18,20,31H,10-17,19H2,1-4H3,(H,29,30,34)/t20-/m1/s1. The molecule has 1 amide bonds. The normalized spacial score (nSPS) is 21.4. The maximum Gasteiger partial charge on any atom is 0.258 e. The van der Waals surface area contributed by atoms with E-state index in [1.165, 1.54) is 18.9 Å². The largest absolute Gasteiger partial charge is 0.375 e. The molecule has 0 unspecified atom stereocenters. The van der Waals surface area contributed by atoms with Gasteiger partial charge in [-0.2, -0.15) is 0 Å². The van der Waals surface area contributed by atoms with Crippen LogP contribution in [0.5, 0.6) is 0 Å². The molecule has 9 nitrogen and oxygen atoms in total. The molecule has 206 valence electrons. The highest BCUT2D eigenvalue weighted by molar-refractivity contribution is 7.89. The Hall–Kier alpha value is -2.69. The predicted molar refractivity (Wildman–Crippen MR) is 149 cm³/mol. The Balaban J connectivity index is 1.42. The van der Waals surface area contributed by atoms with Crippen molar-refractivity contribution in [3.8, 4) is 0 Å². The number of morpholine rings is 1. The van der Waals surface area contributed by atoms with Crippen molar-refractivity contribution >= 4 is 33.3 Å². The van der Waals surface area contributed by atoms with E-state index in [2.05, 4.69) is 24.8 Å². The van der Waals surface area contributed by atoms with Crippen LogP contribution in [0.3, 0.4) is 0 Å². The van der Waals surface area contributed by atoms with Crippen LogP contribution in [0.1, 0.15) is 63.7 Å². The summed E-state index contributed by atoms with van der Waals surface area (Å²) >= 11 is 0. The molecule has 1 aromatic carbocycles. The fourth-order valence-electron chi connectivity index (χ4n) is 5.37. The van der Waals surface area contributed by atoms with Gasteiger partial charge in [-0.1, -0.05) is 6.07 Å². The number of nitrogens with one attached hydrogen (secondary N) is 2. The zero-order valence-electron chi connectivity index (χ0n) is 22.8. The summed E-state index contributed by atoms with van der Waals surface area (Å²) in [6.07, 6.45) is 4.78. The number of nitrogens with zero attached hydrogens (tertiary/aromatic N) is 3. The molecule has 5 rings (SSSR count). The Morgan fingerprint density at radius 1 is 1.05 bits per heavy atom. The number of pyridine rings is 1. The number of amides is 1. The van der Waals surface area contributed by atoms with Gasteiger partial charge in [-0.05, 0) is 89.1 Å². The zero-order chi connectivity index (χ0) is 27.1. The van der Waals surface area contributed by atoms with Crippen molar-refractivity contribution in [3.63, 3.8) is 0 Å². The number of ether oxygens (including phenoxy) is 1. The lowest BCUT2D eigenvalue weighted by molar-refractivity contribution is 0.0529. The van der Waals surface area contributed by atoms with Crippen LogP contribution in [-0.2, 0) is 14.8 Å². The summed E-state index contributed by atoms with van der Waals surface area (Å²) in [4.78, 5) is 22.7. The van der Waals surface area contributed by atoms with Crippen LogP contribution in [0.15, 0.2) is 41.3 Å². The summed E-state index contributed by atoms with van der Waals surface area (Å²) in [5.41, 5.74) is 0.928. The lowest BCUT2D eigenvalue weighted by atomic mass is 9.93. The van der Waals surface area contributed by atoms with E-state index in [0.29, 0.717) is 29.1 Å². The highest BCUT2D eigenvalue weighted by Crippen LogP contribution is 2.54. The molecule has 38 heavy (non-hydrogen) atoms. The molecule has 2 aromatic rings. The molecule has 3 fully saturated rings. The van der Waals surface area contributed by atoms with Gasteiger partial charge in [0, 0.05) is 31.7 Å². The fourth-order valence-corrected chi connectivity index (χ4v) is 6.81. The quantitative estimate of drug-likeness (QED) is 0.569. The summed E-state index contributed by atoms with van der Waals surface area (Å²) in [5.74, 6) is 0.942. The Kier molecular flexibility index (Phi) is 7.17. The minimum absolute atomic E-state index is 0.119. The van der Waals surface area contributed by atoms with Crippen LogP contribution < -0.4 is 19.8 Å². The van der Waals surface area contributed by atoms with Crippen molar-refractivity contribution < 1.29 is 17.9 Å². The van der Waals surface area contributed by atoms with E-state index in [-0.39, 0.29) is 16.9 Å². The summed E-state index contributed by atoms with van der Waals surface area (Å²) in [6.45, 7) is 11.2. The number of sulfonamides is 1. The number of benzene rings is 1. The number of anilines is 3. The average Bonchev–Trinajstić information content (AvgIpc) is 3.61. The summed E-state index contributed by atoms with van der Waals surface area (Å²) in [5, 5.41) is 2.95. The first-order valence-corrected chi connectivity index (χ1v) is 15.0. The smallest absolute Gasteiger partial charge is 0.258 e. The molecule has 1 saturated carbocycles. The Morgan fingerprint density at radius 2 is 1.79 bits per heavy atom. The second kappa shape index (κ2) is 10.1. The topological polar surface area (TPSA) is 104 Å². The number of hydrogen-bond acceptors (Lipinski definition) is 7. The van der Waals surface area contributed by atoms with Crippen LogP contribution in [0, 0.1) is 5.41 Å². The SMILES string of the molecule is C[C@@H]1CN(c2cccc(NC(=O)c3ccc(S(=O)(=O)NC(C)(C)C)cc3N3CCC4(CC3)CC4)n2)CCO1. The highest BCUT2D eigenvalue weighted by atomic mass is 32.2. The third kappa shape index (κ3) is 6.13. The molecular formula is C28H39N5O4S. The van der Waals surface area contributed by atoms with Gasteiger partial charge in [0.25, 0.3) is 5.91 Å².